The van der Waals surface area contributed by atoms with Crippen molar-refractivity contribution in [2.45, 2.75) is 38.7 Å². The molecule has 1 N–H and O–H groups in total. The molecule has 0 saturated heterocycles. The smallest absolute Gasteiger partial charge is 0.455 e. The third-order valence-corrected chi connectivity index (χ3v) is 7.33. The van der Waals surface area contributed by atoms with Gasteiger partial charge in [0.05, 0.1) is 16.7 Å². The van der Waals surface area contributed by atoms with E-state index in [0.717, 1.165) is 12.0 Å². The Balaban J connectivity index is 1.76. The fourth-order valence-electron chi connectivity index (χ4n) is 3.81. The van der Waals surface area contributed by atoms with Crippen LogP contribution in [0.25, 0.3) is 22.3 Å². The summed E-state index contributed by atoms with van der Waals surface area (Å²) in [5, 5.41) is 0.612. The summed E-state index contributed by atoms with van der Waals surface area (Å²) >= 11 is 3.45. The van der Waals surface area contributed by atoms with Crippen molar-refractivity contribution in [3.63, 3.8) is 0 Å². The van der Waals surface area contributed by atoms with Gasteiger partial charge in [0, 0.05) is 29.1 Å². The van der Waals surface area contributed by atoms with E-state index in [1.54, 1.807) is 40.5 Å². The number of halogens is 4. The van der Waals surface area contributed by atoms with Crippen molar-refractivity contribution in [3.8, 4) is 11.3 Å². The number of alkyl halides is 3. The standard InChI is InChI=1S/C24H21BrF3N3O4S/c1-3-6-20-29-14(2)11-21(32)31(20)13-15-9-10-19-17(12-15)22(25)23(35-19)16-7-4-5-8-18(16)30-36(33,34)24(26,27)28/h4-5,7-12,30H,3,6,13H2,1-2H3. The number of nitrogens with one attached hydrogen (secondary N) is 1. The minimum atomic E-state index is -5.63. The Labute approximate surface area is 213 Å². The topological polar surface area (TPSA) is 94.2 Å². The molecule has 0 aliphatic heterocycles. The molecule has 2 aromatic carbocycles. The molecule has 4 aromatic rings. The van der Waals surface area contributed by atoms with Crippen LogP contribution >= 0.6 is 15.9 Å². The van der Waals surface area contributed by atoms with E-state index in [-0.39, 0.29) is 29.1 Å². The van der Waals surface area contributed by atoms with Crippen LogP contribution in [0.3, 0.4) is 0 Å². The average molecular weight is 584 g/mol. The molecule has 12 heteroatoms. The van der Waals surface area contributed by atoms with Crippen LogP contribution in [0.4, 0.5) is 18.9 Å². The third kappa shape index (κ3) is 5.05. The van der Waals surface area contributed by atoms with Gasteiger partial charge in [-0.2, -0.15) is 21.6 Å². The zero-order valence-corrected chi connectivity index (χ0v) is 21.6. The van der Waals surface area contributed by atoms with Gasteiger partial charge in [-0.25, -0.2) is 4.98 Å². The van der Waals surface area contributed by atoms with Crippen LogP contribution in [0.5, 0.6) is 0 Å². The predicted molar refractivity (Wildman–Crippen MR) is 134 cm³/mol. The highest BCUT2D eigenvalue weighted by molar-refractivity contribution is 9.10. The number of anilines is 1. The van der Waals surface area contributed by atoms with Crippen LogP contribution in [-0.4, -0.2) is 23.5 Å². The van der Waals surface area contributed by atoms with Crippen LogP contribution < -0.4 is 10.3 Å². The number of furan rings is 1. The number of benzene rings is 2. The Morgan fingerprint density at radius 1 is 1.14 bits per heavy atom. The van der Waals surface area contributed by atoms with Gasteiger partial charge in [0.25, 0.3) is 5.56 Å². The Bertz CT molecular complexity index is 1610. The van der Waals surface area contributed by atoms with E-state index in [2.05, 4.69) is 20.9 Å². The molecule has 7 nitrogen and oxygen atoms in total. The van der Waals surface area contributed by atoms with Crippen LogP contribution in [0.15, 0.2) is 62.2 Å². The first-order valence-electron chi connectivity index (χ1n) is 10.9. The zero-order valence-electron chi connectivity index (χ0n) is 19.2. The van der Waals surface area contributed by atoms with Crippen molar-refractivity contribution in [2.24, 2.45) is 0 Å². The maximum Gasteiger partial charge on any atom is 0.516 e. The van der Waals surface area contributed by atoms with Gasteiger partial charge in [-0.05, 0) is 59.1 Å². The summed E-state index contributed by atoms with van der Waals surface area (Å²) in [6, 6.07) is 12.4. The molecule has 0 radical (unpaired) electrons. The summed E-state index contributed by atoms with van der Waals surface area (Å²) in [4.78, 5) is 17.1. The van der Waals surface area contributed by atoms with Gasteiger partial charge in [-0.3, -0.25) is 14.1 Å². The lowest BCUT2D eigenvalue weighted by atomic mass is 10.1. The molecule has 0 atom stereocenters. The molecular weight excluding hydrogens is 563 g/mol. The molecule has 0 fully saturated rings. The second-order valence-electron chi connectivity index (χ2n) is 8.16. The van der Waals surface area contributed by atoms with E-state index in [9.17, 15) is 26.4 Å². The van der Waals surface area contributed by atoms with Gasteiger partial charge in [-0.15, -0.1) is 0 Å². The van der Waals surface area contributed by atoms with E-state index >= 15 is 0 Å². The molecule has 190 valence electrons. The Kier molecular flexibility index (Phi) is 7.02. The monoisotopic (exact) mass is 583 g/mol. The molecule has 0 bridgehead atoms. The van der Waals surface area contributed by atoms with Crippen LogP contribution in [-0.2, 0) is 23.0 Å². The predicted octanol–water partition coefficient (Wildman–Crippen LogP) is 5.99. The van der Waals surface area contributed by atoms with Gasteiger partial charge in [-0.1, -0.05) is 25.1 Å². The van der Waals surface area contributed by atoms with Crippen molar-refractivity contribution in [1.29, 1.82) is 0 Å². The van der Waals surface area contributed by atoms with E-state index in [1.165, 1.54) is 24.3 Å². The minimum absolute atomic E-state index is 0.124. The Morgan fingerprint density at radius 2 is 1.86 bits per heavy atom. The minimum Gasteiger partial charge on any atom is -0.455 e. The number of para-hydroxylation sites is 1. The van der Waals surface area contributed by atoms with Gasteiger partial charge in [0.1, 0.15) is 11.4 Å². The molecule has 0 amide bonds. The van der Waals surface area contributed by atoms with Crippen LogP contribution in [0, 0.1) is 6.92 Å². The number of hydrogen-bond acceptors (Lipinski definition) is 5. The van der Waals surface area contributed by atoms with Crippen molar-refractivity contribution >= 4 is 42.6 Å². The van der Waals surface area contributed by atoms with Gasteiger partial charge in [0.2, 0.25) is 0 Å². The van der Waals surface area contributed by atoms with Gasteiger partial charge < -0.3 is 4.42 Å². The molecule has 0 aliphatic rings. The Morgan fingerprint density at radius 3 is 2.56 bits per heavy atom. The Hall–Kier alpha value is -3.12. The summed E-state index contributed by atoms with van der Waals surface area (Å²) in [6.07, 6.45) is 1.46. The van der Waals surface area contributed by atoms with Crippen molar-refractivity contribution < 1.29 is 26.0 Å². The number of aromatic nitrogens is 2. The first-order chi connectivity index (χ1) is 16.9. The third-order valence-electron chi connectivity index (χ3n) is 5.44. The van der Waals surface area contributed by atoms with E-state index < -0.39 is 15.5 Å². The van der Waals surface area contributed by atoms with Crippen molar-refractivity contribution in [3.05, 3.63) is 80.4 Å². The lowest BCUT2D eigenvalue weighted by Crippen LogP contribution is -2.30. The SMILES string of the molecule is CCCc1nc(C)cc(=O)n1Cc1ccc2oc(-c3ccccc3NS(=O)(=O)C(F)(F)F)c(Br)c2c1. The normalized spacial score (nSPS) is 12.3. The summed E-state index contributed by atoms with van der Waals surface area (Å²) in [5.74, 6) is 0.837. The maximum absolute atomic E-state index is 12.9. The molecule has 0 saturated carbocycles. The van der Waals surface area contributed by atoms with Crippen molar-refractivity contribution in [1.82, 2.24) is 9.55 Å². The van der Waals surface area contributed by atoms with E-state index in [4.69, 9.17) is 4.42 Å². The number of rotatable bonds is 7. The highest BCUT2D eigenvalue weighted by atomic mass is 79.9. The first kappa shape index (κ1) is 26.0. The number of aryl methyl sites for hydroxylation is 2. The first-order valence-corrected chi connectivity index (χ1v) is 13.2. The molecule has 0 aliphatic carbocycles. The fourth-order valence-corrected chi connectivity index (χ4v) is 4.99. The molecule has 4 rings (SSSR count). The quantitative estimate of drug-likeness (QED) is 0.288. The second-order valence-corrected chi connectivity index (χ2v) is 10.6. The molecule has 0 spiro atoms. The lowest BCUT2D eigenvalue weighted by molar-refractivity contribution is -0.0429. The molecular formula is C24H21BrF3N3O4S. The summed E-state index contributed by atoms with van der Waals surface area (Å²) < 4.78 is 71.7. The molecule has 36 heavy (non-hydrogen) atoms. The average Bonchev–Trinajstić information content (AvgIpc) is 3.11. The maximum atomic E-state index is 12.9. The summed E-state index contributed by atoms with van der Waals surface area (Å²) in [5.41, 5.74) is -3.93. The molecule has 2 heterocycles. The lowest BCUT2D eigenvalue weighted by Gasteiger charge is -2.13. The van der Waals surface area contributed by atoms with E-state index in [1.807, 2.05) is 6.92 Å². The number of fused-ring (bicyclic) bond motifs is 1. The highest BCUT2D eigenvalue weighted by Crippen LogP contribution is 2.41. The number of sulfonamides is 1. The fraction of sp³-hybridized carbons (Fsp3) is 0.250. The summed E-state index contributed by atoms with van der Waals surface area (Å²) in [7, 11) is -5.63. The van der Waals surface area contributed by atoms with Gasteiger partial charge in [0.15, 0.2) is 5.76 Å². The van der Waals surface area contributed by atoms with Crippen LogP contribution in [0.1, 0.15) is 30.4 Å². The number of hydrogen-bond donors (Lipinski definition) is 1. The van der Waals surface area contributed by atoms with Gasteiger partial charge >= 0.3 is 15.5 Å². The largest absolute Gasteiger partial charge is 0.516 e. The van der Waals surface area contributed by atoms with Crippen LogP contribution in [0.2, 0.25) is 0 Å². The second kappa shape index (κ2) is 9.74. The van der Waals surface area contributed by atoms with E-state index in [0.29, 0.717) is 33.4 Å². The highest BCUT2D eigenvalue weighted by Gasteiger charge is 2.46. The zero-order chi connectivity index (χ0) is 26.3. The molecule has 0 unspecified atom stereocenters. The molecule has 2 aromatic heterocycles. The number of nitrogens with zero attached hydrogens (tertiary/aromatic N) is 2. The summed E-state index contributed by atoms with van der Waals surface area (Å²) in [6.45, 7) is 4.04. The van der Waals surface area contributed by atoms with Crippen molar-refractivity contribution in [2.75, 3.05) is 4.72 Å².